The van der Waals surface area contributed by atoms with Crippen LogP contribution in [0.2, 0.25) is 0 Å². The number of aliphatic hydroxyl groups excluding tert-OH is 2. The zero-order valence-electron chi connectivity index (χ0n) is 7.87. The van der Waals surface area contributed by atoms with Gasteiger partial charge < -0.3 is 34.8 Å². The largest absolute Gasteiger partial charge is 0.631 e. The highest BCUT2D eigenvalue weighted by Crippen LogP contribution is 1.76. The monoisotopic (exact) mass is 212 g/mol. The van der Waals surface area contributed by atoms with E-state index in [-0.39, 0.29) is 13.2 Å². The summed E-state index contributed by atoms with van der Waals surface area (Å²) in [4.78, 5) is 0. The molecule has 0 spiro atoms. The van der Waals surface area contributed by atoms with E-state index >= 15 is 0 Å². The SMILES string of the molecule is OB(O)O.OCCOCCOCCO. The lowest BCUT2D eigenvalue weighted by atomic mass is 10.3. The molecular formula is C6H17BO7. The molecule has 0 aromatic rings. The molecule has 0 aromatic carbocycles. The van der Waals surface area contributed by atoms with Crippen molar-refractivity contribution in [2.75, 3.05) is 39.6 Å². The predicted molar refractivity (Wildman–Crippen MR) is 48.2 cm³/mol. The van der Waals surface area contributed by atoms with Crippen LogP contribution < -0.4 is 0 Å². The number of aliphatic hydroxyl groups is 2. The Morgan fingerprint density at radius 2 is 1.00 bits per heavy atom. The molecule has 0 bridgehead atoms. The molecule has 0 aliphatic rings. The minimum atomic E-state index is -2.17. The van der Waals surface area contributed by atoms with Crippen LogP contribution in [-0.4, -0.2) is 72.2 Å². The van der Waals surface area contributed by atoms with E-state index in [0.717, 1.165) is 0 Å². The van der Waals surface area contributed by atoms with Crippen molar-refractivity contribution in [2.45, 2.75) is 0 Å². The van der Waals surface area contributed by atoms with Gasteiger partial charge in [0.25, 0.3) is 0 Å². The van der Waals surface area contributed by atoms with Crippen LogP contribution in [0.3, 0.4) is 0 Å². The first-order valence-corrected chi connectivity index (χ1v) is 4.06. The first-order valence-electron chi connectivity index (χ1n) is 4.06. The molecule has 86 valence electrons. The highest BCUT2D eigenvalue weighted by Gasteiger charge is 1.92. The summed E-state index contributed by atoms with van der Waals surface area (Å²) in [6, 6.07) is 0. The van der Waals surface area contributed by atoms with E-state index < -0.39 is 7.32 Å². The predicted octanol–water partition coefficient (Wildman–Crippen LogP) is -3.05. The Bertz CT molecular complexity index is 81.5. The fourth-order valence-electron chi connectivity index (χ4n) is 0.451. The summed E-state index contributed by atoms with van der Waals surface area (Å²) in [5, 5.41) is 38.0. The minimum Gasteiger partial charge on any atom is -0.402 e. The zero-order chi connectivity index (χ0) is 11.2. The second-order valence-corrected chi connectivity index (χ2v) is 2.02. The molecule has 0 radical (unpaired) electrons. The van der Waals surface area contributed by atoms with Crippen LogP contribution in [0.1, 0.15) is 0 Å². The third-order valence-electron chi connectivity index (χ3n) is 0.843. The summed E-state index contributed by atoms with van der Waals surface area (Å²) in [5.74, 6) is 0. The van der Waals surface area contributed by atoms with Crippen LogP contribution in [0, 0.1) is 0 Å². The van der Waals surface area contributed by atoms with Crippen LogP contribution in [0.5, 0.6) is 0 Å². The maximum atomic E-state index is 8.26. The molecule has 14 heavy (non-hydrogen) atoms. The Balaban J connectivity index is 0. The van der Waals surface area contributed by atoms with Gasteiger partial charge in [-0.2, -0.15) is 0 Å². The molecule has 0 aromatic heterocycles. The van der Waals surface area contributed by atoms with Crippen LogP contribution in [0.25, 0.3) is 0 Å². The van der Waals surface area contributed by atoms with Crippen molar-refractivity contribution in [3.05, 3.63) is 0 Å². The fourth-order valence-corrected chi connectivity index (χ4v) is 0.451. The molecule has 0 fully saturated rings. The molecule has 0 aliphatic heterocycles. The molecule has 0 heterocycles. The summed E-state index contributed by atoms with van der Waals surface area (Å²) in [5.41, 5.74) is 0. The van der Waals surface area contributed by atoms with Gasteiger partial charge in [-0.3, -0.25) is 0 Å². The molecule has 8 heteroatoms. The number of hydrogen-bond donors (Lipinski definition) is 5. The van der Waals surface area contributed by atoms with Crippen molar-refractivity contribution in [2.24, 2.45) is 0 Å². The van der Waals surface area contributed by atoms with E-state index in [1.165, 1.54) is 0 Å². The van der Waals surface area contributed by atoms with Crippen molar-refractivity contribution >= 4 is 7.32 Å². The van der Waals surface area contributed by atoms with Gasteiger partial charge in [0.1, 0.15) is 0 Å². The van der Waals surface area contributed by atoms with Crippen molar-refractivity contribution in [3.8, 4) is 0 Å². The molecule has 0 aliphatic carbocycles. The van der Waals surface area contributed by atoms with Gasteiger partial charge in [0.15, 0.2) is 0 Å². The highest BCUT2D eigenvalue weighted by atomic mass is 16.5. The molecule has 0 atom stereocenters. The third kappa shape index (κ3) is 29.8. The van der Waals surface area contributed by atoms with E-state index in [9.17, 15) is 0 Å². The zero-order valence-corrected chi connectivity index (χ0v) is 7.87. The molecule has 5 N–H and O–H groups in total. The van der Waals surface area contributed by atoms with Gasteiger partial charge in [-0.1, -0.05) is 0 Å². The standard InChI is InChI=1S/C6H14O4.BH3O3/c7-1-3-9-5-6-10-4-2-8;2-1(3)4/h7-8H,1-6H2;2-4H. The second-order valence-electron chi connectivity index (χ2n) is 2.02. The lowest BCUT2D eigenvalue weighted by Crippen LogP contribution is -2.09. The van der Waals surface area contributed by atoms with Crippen LogP contribution in [0.4, 0.5) is 0 Å². The average Bonchev–Trinajstić information content (AvgIpc) is 2.10. The van der Waals surface area contributed by atoms with E-state index in [2.05, 4.69) is 0 Å². The summed E-state index contributed by atoms with van der Waals surface area (Å²) < 4.78 is 9.75. The Kier molecular flexibility index (Phi) is 17.7. The molecule has 0 rings (SSSR count). The normalized spacial score (nSPS) is 9.21. The maximum Gasteiger partial charge on any atom is 0.631 e. The molecule has 7 nitrogen and oxygen atoms in total. The van der Waals surface area contributed by atoms with Gasteiger partial charge in [0, 0.05) is 0 Å². The number of rotatable bonds is 7. The summed E-state index contributed by atoms with van der Waals surface area (Å²) in [6.07, 6.45) is 0. The highest BCUT2D eigenvalue weighted by molar-refractivity contribution is 6.30. The van der Waals surface area contributed by atoms with Gasteiger partial charge >= 0.3 is 7.32 Å². The third-order valence-corrected chi connectivity index (χ3v) is 0.843. The van der Waals surface area contributed by atoms with Crippen molar-refractivity contribution in [3.63, 3.8) is 0 Å². The van der Waals surface area contributed by atoms with Crippen molar-refractivity contribution in [1.82, 2.24) is 0 Å². The van der Waals surface area contributed by atoms with E-state index in [4.69, 9.17) is 34.8 Å². The van der Waals surface area contributed by atoms with Crippen LogP contribution in [0.15, 0.2) is 0 Å². The smallest absolute Gasteiger partial charge is 0.402 e. The number of hydrogen-bond acceptors (Lipinski definition) is 7. The first-order chi connectivity index (χ1) is 6.65. The van der Waals surface area contributed by atoms with Crippen molar-refractivity contribution in [1.29, 1.82) is 0 Å². The average molecular weight is 212 g/mol. The van der Waals surface area contributed by atoms with Gasteiger partial charge in [0.05, 0.1) is 39.6 Å². The summed E-state index contributed by atoms with van der Waals surface area (Å²) in [7, 11) is -2.17. The molecular weight excluding hydrogens is 195 g/mol. The molecule has 0 unspecified atom stereocenters. The minimum absolute atomic E-state index is 0.0417. The second kappa shape index (κ2) is 15.3. The molecule has 0 saturated carbocycles. The van der Waals surface area contributed by atoms with E-state index in [0.29, 0.717) is 26.4 Å². The van der Waals surface area contributed by atoms with Gasteiger partial charge in [-0.05, 0) is 0 Å². The van der Waals surface area contributed by atoms with Crippen LogP contribution in [-0.2, 0) is 9.47 Å². The maximum absolute atomic E-state index is 8.26. The fraction of sp³-hybridized carbons (Fsp3) is 1.00. The summed E-state index contributed by atoms with van der Waals surface area (Å²) >= 11 is 0. The topological polar surface area (TPSA) is 120 Å². The Labute approximate surface area is 82.7 Å². The Hall–Kier alpha value is -0.215. The van der Waals surface area contributed by atoms with E-state index in [1.54, 1.807) is 0 Å². The first kappa shape index (κ1) is 16.2. The lowest BCUT2D eigenvalue weighted by molar-refractivity contribution is 0.0222. The molecule has 0 saturated heterocycles. The Morgan fingerprint density at radius 1 is 0.714 bits per heavy atom. The quantitative estimate of drug-likeness (QED) is 0.224. The molecule has 0 amide bonds. The number of ether oxygens (including phenoxy) is 2. The van der Waals surface area contributed by atoms with E-state index in [1.807, 2.05) is 0 Å². The summed E-state index contributed by atoms with van der Waals surface area (Å²) in [6.45, 7) is 1.73. The van der Waals surface area contributed by atoms with Gasteiger partial charge in [-0.25, -0.2) is 0 Å². The Morgan fingerprint density at radius 3 is 1.21 bits per heavy atom. The van der Waals surface area contributed by atoms with Gasteiger partial charge in [-0.15, -0.1) is 0 Å². The van der Waals surface area contributed by atoms with Crippen molar-refractivity contribution < 1.29 is 34.8 Å². The van der Waals surface area contributed by atoms with Gasteiger partial charge in [0.2, 0.25) is 0 Å². The van der Waals surface area contributed by atoms with Crippen LogP contribution >= 0.6 is 0 Å². The lowest BCUT2D eigenvalue weighted by Gasteiger charge is -2.01.